The van der Waals surface area contributed by atoms with Crippen LogP contribution in [0.25, 0.3) is 0 Å². The van der Waals surface area contributed by atoms with E-state index in [-0.39, 0.29) is 17.1 Å². The number of anilines is 2. The molecular weight excluding hydrogens is 420 g/mol. The number of hydrogen-bond acceptors (Lipinski definition) is 6. The maximum atomic E-state index is 12.9. The molecule has 9 heteroatoms. The molecule has 4 rings (SSSR count). The molecule has 3 aromatic rings. The highest BCUT2D eigenvalue weighted by Crippen LogP contribution is 2.38. The van der Waals surface area contributed by atoms with Gasteiger partial charge in [0.15, 0.2) is 11.5 Å². The van der Waals surface area contributed by atoms with Crippen molar-refractivity contribution < 1.29 is 28.2 Å². The fraction of sp³-hybridized carbons (Fsp3) is 0.261. The number of carboxylic acid groups (broad SMARTS) is 1. The SMILES string of the molecule is O=C(O)c1ccc(N(Cc2cncnc2)c2ccc(OC(F)F)c(OCC3CC3)c2)cc1. The zero-order valence-corrected chi connectivity index (χ0v) is 17.0. The van der Waals surface area contributed by atoms with E-state index >= 15 is 0 Å². The minimum absolute atomic E-state index is 0.0337. The molecule has 32 heavy (non-hydrogen) atoms. The third-order valence-corrected chi connectivity index (χ3v) is 5.01. The standard InChI is InChI=1S/C23H21F2N3O4/c24-23(25)32-20-8-7-19(9-21(20)31-13-15-1-2-15)28(12-16-10-26-14-27-11-16)18-5-3-17(4-6-18)22(29)30/h3-11,14-15,23H,1-2,12-13H2,(H,29,30). The first-order valence-corrected chi connectivity index (χ1v) is 10.1. The lowest BCUT2D eigenvalue weighted by atomic mass is 10.1. The highest BCUT2D eigenvalue weighted by atomic mass is 19.3. The van der Waals surface area contributed by atoms with E-state index in [0.29, 0.717) is 30.4 Å². The average molecular weight is 441 g/mol. The summed E-state index contributed by atoms with van der Waals surface area (Å²) in [4.78, 5) is 21.2. The molecule has 166 valence electrons. The van der Waals surface area contributed by atoms with Crippen molar-refractivity contribution in [3.63, 3.8) is 0 Å². The monoisotopic (exact) mass is 441 g/mol. The Kier molecular flexibility index (Phi) is 6.44. The maximum Gasteiger partial charge on any atom is 0.387 e. The first-order chi connectivity index (χ1) is 15.5. The number of ether oxygens (including phenoxy) is 2. The molecule has 2 aromatic carbocycles. The lowest BCUT2D eigenvalue weighted by Gasteiger charge is -2.26. The van der Waals surface area contributed by atoms with Gasteiger partial charge >= 0.3 is 12.6 Å². The average Bonchev–Trinajstić information content (AvgIpc) is 3.62. The smallest absolute Gasteiger partial charge is 0.387 e. The van der Waals surface area contributed by atoms with Crippen molar-refractivity contribution in [1.82, 2.24) is 9.97 Å². The van der Waals surface area contributed by atoms with Crippen LogP contribution >= 0.6 is 0 Å². The Morgan fingerprint density at radius 2 is 1.75 bits per heavy atom. The molecule has 0 unspecified atom stereocenters. The molecule has 1 heterocycles. The van der Waals surface area contributed by atoms with Crippen LogP contribution in [0.4, 0.5) is 20.2 Å². The van der Waals surface area contributed by atoms with E-state index < -0.39 is 12.6 Å². The number of aromatic carboxylic acids is 1. The Morgan fingerprint density at radius 3 is 2.38 bits per heavy atom. The van der Waals surface area contributed by atoms with Crippen LogP contribution in [0.2, 0.25) is 0 Å². The molecule has 0 spiro atoms. The fourth-order valence-electron chi connectivity index (χ4n) is 3.17. The zero-order valence-electron chi connectivity index (χ0n) is 17.0. The lowest BCUT2D eigenvalue weighted by Crippen LogP contribution is -2.17. The van der Waals surface area contributed by atoms with Gasteiger partial charge in [0, 0.05) is 35.4 Å². The second-order valence-corrected chi connectivity index (χ2v) is 7.45. The summed E-state index contributed by atoms with van der Waals surface area (Å²) in [6.45, 7) is -2.17. The van der Waals surface area contributed by atoms with Crippen LogP contribution in [0.1, 0.15) is 28.8 Å². The summed E-state index contributed by atoms with van der Waals surface area (Å²) < 4.78 is 36.2. The number of nitrogens with zero attached hydrogens (tertiary/aromatic N) is 3. The summed E-state index contributed by atoms with van der Waals surface area (Å²) in [5, 5.41) is 9.19. The molecule has 0 amide bonds. The summed E-state index contributed by atoms with van der Waals surface area (Å²) in [6.07, 6.45) is 6.88. The third-order valence-electron chi connectivity index (χ3n) is 5.01. The fourth-order valence-corrected chi connectivity index (χ4v) is 3.17. The van der Waals surface area contributed by atoms with Gasteiger partial charge in [-0.3, -0.25) is 0 Å². The molecular formula is C23H21F2N3O4. The molecule has 1 N–H and O–H groups in total. The quantitative estimate of drug-likeness (QED) is 0.479. The molecule has 0 atom stereocenters. The molecule has 0 aliphatic heterocycles. The Bertz CT molecular complexity index is 1060. The Balaban J connectivity index is 1.69. The normalized spacial score (nSPS) is 13.1. The molecule has 7 nitrogen and oxygen atoms in total. The predicted molar refractivity (Wildman–Crippen MR) is 113 cm³/mol. The summed E-state index contributed by atoms with van der Waals surface area (Å²) in [5.74, 6) is -0.400. The van der Waals surface area contributed by atoms with E-state index in [1.54, 1.807) is 36.7 Å². The van der Waals surface area contributed by atoms with Gasteiger partial charge in [0.25, 0.3) is 0 Å². The van der Waals surface area contributed by atoms with Crippen molar-refractivity contribution in [3.05, 3.63) is 72.3 Å². The van der Waals surface area contributed by atoms with E-state index in [9.17, 15) is 18.7 Å². The lowest BCUT2D eigenvalue weighted by molar-refractivity contribution is -0.0515. The second-order valence-electron chi connectivity index (χ2n) is 7.45. The number of benzene rings is 2. The highest BCUT2D eigenvalue weighted by Gasteiger charge is 2.24. The summed E-state index contributed by atoms with van der Waals surface area (Å²) >= 11 is 0. The Labute approximate surface area is 183 Å². The second kappa shape index (κ2) is 9.59. The van der Waals surface area contributed by atoms with Gasteiger partial charge in [-0.25, -0.2) is 14.8 Å². The number of halogens is 2. The van der Waals surface area contributed by atoms with Gasteiger partial charge in [-0.15, -0.1) is 0 Å². The van der Waals surface area contributed by atoms with Gasteiger partial charge in [-0.1, -0.05) is 0 Å². The van der Waals surface area contributed by atoms with Crippen molar-refractivity contribution in [2.45, 2.75) is 26.0 Å². The highest BCUT2D eigenvalue weighted by molar-refractivity contribution is 5.88. The summed E-state index contributed by atoms with van der Waals surface area (Å²) in [6, 6.07) is 11.1. The number of carbonyl (C=O) groups is 1. The van der Waals surface area contributed by atoms with E-state index in [2.05, 4.69) is 14.7 Å². The number of rotatable bonds is 10. The van der Waals surface area contributed by atoms with E-state index in [0.717, 1.165) is 18.4 Å². The van der Waals surface area contributed by atoms with E-state index in [1.807, 2.05) is 4.90 Å². The topological polar surface area (TPSA) is 84.8 Å². The number of carboxylic acids is 1. The van der Waals surface area contributed by atoms with Gasteiger partial charge in [0.1, 0.15) is 6.33 Å². The first kappa shape index (κ1) is 21.5. The summed E-state index contributed by atoms with van der Waals surface area (Å²) in [5.41, 5.74) is 2.33. The van der Waals surface area contributed by atoms with Gasteiger partial charge < -0.3 is 19.5 Å². The third kappa shape index (κ3) is 5.48. The first-order valence-electron chi connectivity index (χ1n) is 10.1. The van der Waals surface area contributed by atoms with E-state index in [1.165, 1.54) is 24.5 Å². The minimum atomic E-state index is -2.97. The predicted octanol–water partition coefficient (Wildman–Crippen LogP) is 4.90. The van der Waals surface area contributed by atoms with Crippen LogP contribution in [0, 0.1) is 5.92 Å². The van der Waals surface area contributed by atoms with Crippen LogP contribution in [0.5, 0.6) is 11.5 Å². The summed E-state index contributed by atoms with van der Waals surface area (Å²) in [7, 11) is 0. The number of aromatic nitrogens is 2. The molecule has 1 aliphatic rings. The van der Waals surface area contributed by atoms with Crippen molar-refractivity contribution >= 4 is 17.3 Å². The Morgan fingerprint density at radius 1 is 1.06 bits per heavy atom. The van der Waals surface area contributed by atoms with Crippen molar-refractivity contribution in [2.75, 3.05) is 11.5 Å². The molecule has 1 saturated carbocycles. The van der Waals surface area contributed by atoms with Crippen LogP contribution < -0.4 is 14.4 Å². The molecule has 0 bridgehead atoms. The van der Waals surface area contributed by atoms with Crippen LogP contribution in [-0.2, 0) is 6.54 Å². The Hall–Kier alpha value is -3.75. The molecule has 0 saturated heterocycles. The van der Waals surface area contributed by atoms with Crippen LogP contribution in [0.15, 0.2) is 61.2 Å². The number of alkyl halides is 2. The maximum absolute atomic E-state index is 12.9. The van der Waals surface area contributed by atoms with Crippen molar-refractivity contribution in [1.29, 1.82) is 0 Å². The number of hydrogen-bond donors (Lipinski definition) is 1. The van der Waals surface area contributed by atoms with Crippen LogP contribution in [-0.4, -0.2) is 34.3 Å². The van der Waals surface area contributed by atoms with Gasteiger partial charge in [-0.05, 0) is 55.2 Å². The minimum Gasteiger partial charge on any atom is -0.489 e. The van der Waals surface area contributed by atoms with Gasteiger partial charge in [-0.2, -0.15) is 8.78 Å². The van der Waals surface area contributed by atoms with Crippen molar-refractivity contribution in [3.8, 4) is 11.5 Å². The molecule has 1 fully saturated rings. The zero-order chi connectivity index (χ0) is 22.5. The van der Waals surface area contributed by atoms with E-state index in [4.69, 9.17) is 4.74 Å². The molecule has 1 aliphatic carbocycles. The van der Waals surface area contributed by atoms with Crippen molar-refractivity contribution in [2.24, 2.45) is 5.92 Å². The molecule has 1 aromatic heterocycles. The van der Waals surface area contributed by atoms with Gasteiger partial charge in [0.2, 0.25) is 0 Å². The molecule has 0 radical (unpaired) electrons. The largest absolute Gasteiger partial charge is 0.489 e. The van der Waals surface area contributed by atoms with Crippen LogP contribution in [0.3, 0.4) is 0 Å². The van der Waals surface area contributed by atoms with Gasteiger partial charge in [0.05, 0.1) is 18.7 Å².